The van der Waals surface area contributed by atoms with Crippen LogP contribution in [0.15, 0.2) is 0 Å². The number of carbonyl (C=O) groups excluding carboxylic acids is 1. The Kier molecular flexibility index (Phi) is 11.3. The van der Waals surface area contributed by atoms with Crippen LogP contribution >= 0.6 is 0 Å². The van der Waals surface area contributed by atoms with Gasteiger partial charge < -0.3 is 5.11 Å². The largest absolute Gasteiger partial charge is 0.397 e. The Hall–Kier alpha value is -0.370. The van der Waals surface area contributed by atoms with Gasteiger partial charge in [-0.25, -0.2) is 0 Å². The van der Waals surface area contributed by atoms with Gasteiger partial charge in [0.05, 0.1) is 0 Å². The van der Waals surface area contributed by atoms with Crippen LogP contribution in [0, 0.1) is 11.8 Å². The predicted octanol–water partition coefficient (Wildman–Crippen LogP) is 2.65. The van der Waals surface area contributed by atoms with Gasteiger partial charge in [0.2, 0.25) is 0 Å². The lowest BCUT2D eigenvalue weighted by Crippen LogP contribution is -2.05. The van der Waals surface area contributed by atoms with E-state index in [-0.39, 0.29) is 6.61 Å². The van der Waals surface area contributed by atoms with Crippen LogP contribution in [0.5, 0.6) is 0 Å². The van der Waals surface area contributed by atoms with Crippen molar-refractivity contribution in [2.75, 3.05) is 6.61 Å². The van der Waals surface area contributed by atoms with Crippen LogP contribution in [0.2, 0.25) is 0 Å². The van der Waals surface area contributed by atoms with Crippen molar-refractivity contribution in [3.8, 4) is 0 Å². The van der Waals surface area contributed by atoms with Gasteiger partial charge in [0.25, 0.3) is 0 Å². The van der Waals surface area contributed by atoms with Crippen molar-refractivity contribution < 1.29 is 9.90 Å². The number of hydrogen-bond acceptors (Lipinski definition) is 2. The molecule has 0 unspecified atom stereocenters. The van der Waals surface area contributed by atoms with E-state index in [4.69, 9.17) is 5.11 Å². The van der Waals surface area contributed by atoms with E-state index in [1.54, 1.807) is 6.92 Å². The van der Waals surface area contributed by atoms with Crippen molar-refractivity contribution >= 4 is 5.78 Å². The maximum atomic E-state index is 11.1. The third kappa shape index (κ3) is 18.5. The lowest BCUT2D eigenvalue weighted by Gasteiger charge is -2.05. The molecule has 0 atom stereocenters. The highest BCUT2D eigenvalue weighted by Gasteiger charge is 2.06. The van der Waals surface area contributed by atoms with Crippen LogP contribution in [-0.2, 0) is 4.79 Å². The van der Waals surface area contributed by atoms with Crippen LogP contribution in [0.3, 0.4) is 0 Å². The lowest BCUT2D eigenvalue weighted by molar-refractivity contribution is -0.120. The molecule has 0 aliphatic rings. The van der Waals surface area contributed by atoms with Crippen LogP contribution in [-0.4, -0.2) is 17.5 Å². The fourth-order valence-corrected chi connectivity index (χ4v) is 0.994. The van der Waals surface area contributed by atoms with Crippen molar-refractivity contribution in [3.63, 3.8) is 0 Å². The molecule has 0 saturated heterocycles. The molecule has 2 heteroatoms. The molecule has 0 bridgehead atoms. The molecule has 0 aromatic carbocycles. The van der Waals surface area contributed by atoms with Crippen molar-refractivity contribution in [1.29, 1.82) is 0 Å². The molecule has 0 heterocycles. The summed E-state index contributed by atoms with van der Waals surface area (Å²) in [5.74, 6) is 1.45. The highest BCUT2D eigenvalue weighted by atomic mass is 16.2. The summed E-state index contributed by atoms with van der Waals surface area (Å²) in [5, 5.41) is 7.57. The van der Waals surface area contributed by atoms with Crippen LogP contribution in [0.25, 0.3) is 0 Å². The van der Waals surface area contributed by atoms with E-state index >= 15 is 0 Å². The van der Waals surface area contributed by atoms with E-state index in [0.717, 1.165) is 12.8 Å². The number of aliphatic hydroxyl groups excluding tert-OH is 1. The Balaban J connectivity index is 0. The normalized spacial score (nSPS) is 9.85. The Morgan fingerprint density at radius 2 is 1.31 bits per heavy atom. The molecule has 0 radical (unpaired) electrons. The van der Waals surface area contributed by atoms with Gasteiger partial charge in [0, 0.05) is 19.4 Å². The first kappa shape index (κ1) is 15.1. The molecule has 0 fully saturated rings. The molecule has 0 aromatic rings. The molecule has 0 saturated carbocycles. The summed E-state index contributed by atoms with van der Waals surface area (Å²) in [6.45, 7) is 10.3. The fraction of sp³-hybridized carbons (Fsp3) is 0.909. The standard InChI is InChI=1S/C9H18O.C2H6O/c1-7(2)5-9(10)6-8(3)4;1-2-3/h7-8H,5-6H2,1-4H3;3H,2H2,1H3. The number of ketones is 1. The Morgan fingerprint density at radius 1 is 1.08 bits per heavy atom. The van der Waals surface area contributed by atoms with Crippen molar-refractivity contribution in [3.05, 3.63) is 0 Å². The minimum absolute atomic E-state index is 0.250. The number of Topliss-reactive ketones (excluding diaryl/α,β-unsaturated/α-hetero) is 1. The van der Waals surface area contributed by atoms with Crippen molar-refractivity contribution in [2.45, 2.75) is 47.5 Å². The quantitative estimate of drug-likeness (QED) is 0.736. The van der Waals surface area contributed by atoms with Gasteiger partial charge in [0.1, 0.15) is 5.78 Å². The average molecular weight is 188 g/mol. The van der Waals surface area contributed by atoms with Gasteiger partial charge in [-0.15, -0.1) is 0 Å². The molecule has 13 heavy (non-hydrogen) atoms. The molecule has 80 valence electrons. The third-order valence-electron chi connectivity index (χ3n) is 1.27. The topological polar surface area (TPSA) is 37.3 Å². The number of rotatable bonds is 4. The average Bonchev–Trinajstić information content (AvgIpc) is 1.83. The molecule has 2 nitrogen and oxygen atoms in total. The zero-order chi connectivity index (χ0) is 10.9. The Labute approximate surface area is 82.4 Å². The van der Waals surface area contributed by atoms with Crippen molar-refractivity contribution in [2.24, 2.45) is 11.8 Å². The van der Waals surface area contributed by atoms with Crippen LogP contribution in [0.1, 0.15) is 47.5 Å². The summed E-state index contributed by atoms with van der Waals surface area (Å²) in [7, 11) is 0. The summed E-state index contributed by atoms with van der Waals surface area (Å²) in [6, 6.07) is 0. The van der Waals surface area contributed by atoms with E-state index in [9.17, 15) is 4.79 Å². The molecule has 1 N–H and O–H groups in total. The van der Waals surface area contributed by atoms with E-state index in [0.29, 0.717) is 17.6 Å². The van der Waals surface area contributed by atoms with Gasteiger partial charge in [0.15, 0.2) is 0 Å². The summed E-state index contributed by atoms with van der Waals surface area (Å²) in [6.07, 6.45) is 1.50. The molecular formula is C11H24O2. The summed E-state index contributed by atoms with van der Waals surface area (Å²) in [4.78, 5) is 11.1. The fourth-order valence-electron chi connectivity index (χ4n) is 0.994. The maximum Gasteiger partial charge on any atom is 0.133 e. The van der Waals surface area contributed by atoms with E-state index in [2.05, 4.69) is 27.7 Å². The highest BCUT2D eigenvalue weighted by molar-refractivity contribution is 5.78. The number of carbonyl (C=O) groups is 1. The Bertz CT molecular complexity index is 105. The Morgan fingerprint density at radius 3 is 1.46 bits per heavy atom. The maximum absolute atomic E-state index is 11.1. The number of hydrogen-bond donors (Lipinski definition) is 1. The zero-order valence-corrected chi connectivity index (χ0v) is 9.63. The molecule has 0 amide bonds. The van der Waals surface area contributed by atoms with Crippen LogP contribution in [0.4, 0.5) is 0 Å². The van der Waals surface area contributed by atoms with Gasteiger partial charge in [-0.05, 0) is 18.8 Å². The van der Waals surface area contributed by atoms with E-state index in [1.807, 2.05) is 0 Å². The van der Waals surface area contributed by atoms with Gasteiger partial charge in [-0.1, -0.05) is 27.7 Å². The SMILES string of the molecule is CC(C)CC(=O)CC(C)C.CCO. The summed E-state index contributed by atoms with van der Waals surface area (Å²) in [5.41, 5.74) is 0. The summed E-state index contributed by atoms with van der Waals surface area (Å²) >= 11 is 0. The second-order valence-electron chi connectivity index (χ2n) is 4.05. The first-order valence-electron chi connectivity index (χ1n) is 5.06. The molecule has 0 aliphatic heterocycles. The zero-order valence-electron chi connectivity index (χ0n) is 9.63. The van der Waals surface area contributed by atoms with E-state index < -0.39 is 0 Å². The lowest BCUT2D eigenvalue weighted by atomic mass is 10.00. The second kappa shape index (κ2) is 9.72. The molecular weight excluding hydrogens is 164 g/mol. The van der Waals surface area contributed by atoms with Gasteiger partial charge >= 0.3 is 0 Å². The molecule has 0 rings (SSSR count). The first-order chi connectivity index (χ1) is 5.93. The third-order valence-corrected chi connectivity index (χ3v) is 1.27. The van der Waals surface area contributed by atoms with Gasteiger partial charge in [-0.2, -0.15) is 0 Å². The minimum Gasteiger partial charge on any atom is -0.397 e. The minimum atomic E-state index is 0.250. The van der Waals surface area contributed by atoms with Gasteiger partial charge in [-0.3, -0.25) is 4.79 Å². The second-order valence-corrected chi connectivity index (χ2v) is 4.05. The highest BCUT2D eigenvalue weighted by Crippen LogP contribution is 2.07. The van der Waals surface area contributed by atoms with E-state index in [1.165, 1.54) is 0 Å². The number of aliphatic hydroxyl groups is 1. The first-order valence-corrected chi connectivity index (χ1v) is 5.06. The molecule has 0 spiro atoms. The monoisotopic (exact) mass is 188 g/mol. The van der Waals surface area contributed by atoms with Crippen molar-refractivity contribution in [1.82, 2.24) is 0 Å². The predicted molar refractivity (Wildman–Crippen MR) is 56.7 cm³/mol. The smallest absolute Gasteiger partial charge is 0.133 e. The molecule has 0 aromatic heterocycles. The van der Waals surface area contributed by atoms with Crippen LogP contribution < -0.4 is 0 Å². The molecule has 0 aliphatic carbocycles. The summed E-state index contributed by atoms with van der Waals surface area (Å²) < 4.78 is 0.